The van der Waals surface area contributed by atoms with E-state index in [9.17, 15) is 0 Å². The molecule has 0 amide bonds. The fourth-order valence-corrected chi connectivity index (χ4v) is 3.50. The van der Waals surface area contributed by atoms with E-state index < -0.39 is 0 Å². The summed E-state index contributed by atoms with van der Waals surface area (Å²) in [5.41, 5.74) is 5.26. The Labute approximate surface area is 157 Å². The number of pyridine rings is 2. The van der Waals surface area contributed by atoms with Crippen molar-refractivity contribution in [3.63, 3.8) is 0 Å². The molecule has 1 aromatic carbocycles. The molecule has 1 aliphatic heterocycles. The second-order valence-corrected chi connectivity index (χ2v) is 6.72. The zero-order chi connectivity index (χ0) is 18.1. The van der Waals surface area contributed by atoms with Crippen molar-refractivity contribution in [1.29, 1.82) is 0 Å². The lowest BCUT2D eigenvalue weighted by molar-refractivity contribution is 0.863. The molecule has 132 valence electrons. The topological polar surface area (TPSA) is 55.4 Å². The number of benzene rings is 1. The van der Waals surface area contributed by atoms with Crippen molar-refractivity contribution in [3.05, 3.63) is 78.4 Å². The molecule has 27 heavy (non-hydrogen) atoms. The maximum Gasteiger partial charge on any atom is 0.164 e. The van der Waals surface area contributed by atoms with Crippen LogP contribution in [0, 0.1) is 0 Å². The Hall–Kier alpha value is -3.34. The second-order valence-electron chi connectivity index (χ2n) is 6.72. The molecule has 4 heterocycles. The third-order valence-electron chi connectivity index (χ3n) is 4.88. The van der Waals surface area contributed by atoms with Gasteiger partial charge >= 0.3 is 0 Å². The van der Waals surface area contributed by atoms with Gasteiger partial charge in [0.25, 0.3) is 0 Å². The molecule has 0 radical (unpaired) electrons. The highest BCUT2D eigenvalue weighted by atomic mass is 15.3. The van der Waals surface area contributed by atoms with E-state index >= 15 is 0 Å². The molecule has 5 nitrogen and oxygen atoms in total. The average molecular weight is 353 g/mol. The first kappa shape index (κ1) is 15.9. The van der Waals surface area contributed by atoms with Crippen LogP contribution in [0.15, 0.2) is 72.0 Å². The summed E-state index contributed by atoms with van der Waals surface area (Å²) in [6.45, 7) is 0. The molecule has 0 saturated carbocycles. The summed E-state index contributed by atoms with van der Waals surface area (Å²) in [7, 11) is 0. The number of aliphatic imine (C=N–C) groups is 1. The Kier molecular flexibility index (Phi) is 3.98. The van der Waals surface area contributed by atoms with Crippen LogP contribution in [0.3, 0.4) is 0 Å². The van der Waals surface area contributed by atoms with Gasteiger partial charge in [0, 0.05) is 29.9 Å². The maximum atomic E-state index is 4.88. The van der Waals surface area contributed by atoms with E-state index in [4.69, 9.17) is 9.98 Å². The van der Waals surface area contributed by atoms with Gasteiger partial charge < -0.3 is 0 Å². The third-order valence-corrected chi connectivity index (χ3v) is 4.88. The third kappa shape index (κ3) is 3.12. The lowest BCUT2D eigenvalue weighted by Crippen LogP contribution is -2.01. The minimum atomic E-state index is 0.759. The molecule has 4 aromatic rings. The van der Waals surface area contributed by atoms with Gasteiger partial charge in [0.05, 0.1) is 11.2 Å². The van der Waals surface area contributed by atoms with Crippen molar-refractivity contribution in [1.82, 2.24) is 19.6 Å². The molecule has 0 saturated heterocycles. The van der Waals surface area contributed by atoms with Crippen molar-refractivity contribution in [2.24, 2.45) is 4.99 Å². The standard InChI is InChI=1S/C22H19N5/c1-3-8-17(24-19-10-4-2-7-16(19)6-1)11-12-21-25-22-18-9-5-14-23-20(18)13-15-27(22)26-21/h2-5,7-10,13-15H,1,6,11-12H2. The summed E-state index contributed by atoms with van der Waals surface area (Å²) in [5, 5.41) is 5.66. The minimum Gasteiger partial charge on any atom is -0.256 e. The van der Waals surface area contributed by atoms with Crippen LogP contribution in [0.1, 0.15) is 24.2 Å². The number of rotatable bonds is 3. The van der Waals surface area contributed by atoms with Crippen molar-refractivity contribution in [2.45, 2.75) is 25.7 Å². The quantitative estimate of drug-likeness (QED) is 0.545. The first-order valence-corrected chi connectivity index (χ1v) is 9.28. The van der Waals surface area contributed by atoms with Crippen LogP contribution in [0.25, 0.3) is 16.6 Å². The van der Waals surface area contributed by atoms with E-state index in [-0.39, 0.29) is 0 Å². The highest BCUT2D eigenvalue weighted by molar-refractivity contribution is 5.97. The van der Waals surface area contributed by atoms with Gasteiger partial charge in [0.1, 0.15) is 0 Å². The molecule has 5 rings (SSSR count). The van der Waals surface area contributed by atoms with Crippen molar-refractivity contribution < 1.29 is 0 Å². The van der Waals surface area contributed by atoms with Crippen LogP contribution < -0.4 is 0 Å². The number of aryl methyl sites for hydroxylation is 2. The van der Waals surface area contributed by atoms with Crippen molar-refractivity contribution in [3.8, 4) is 0 Å². The van der Waals surface area contributed by atoms with Crippen LogP contribution in [0.2, 0.25) is 0 Å². The lowest BCUT2D eigenvalue weighted by atomic mass is 10.0. The smallest absolute Gasteiger partial charge is 0.164 e. The average Bonchev–Trinajstić information content (AvgIpc) is 3.11. The summed E-state index contributed by atoms with van der Waals surface area (Å²) in [5.74, 6) is 0.831. The fraction of sp³-hybridized carbons (Fsp3) is 0.182. The maximum absolute atomic E-state index is 4.88. The van der Waals surface area contributed by atoms with Crippen LogP contribution in [-0.2, 0) is 12.8 Å². The van der Waals surface area contributed by atoms with Gasteiger partial charge in [-0.25, -0.2) is 9.50 Å². The molecule has 0 unspecified atom stereocenters. The summed E-state index contributed by atoms with van der Waals surface area (Å²) < 4.78 is 1.84. The predicted octanol–water partition coefficient (Wildman–Crippen LogP) is 4.49. The molecule has 0 aliphatic carbocycles. The van der Waals surface area contributed by atoms with Gasteiger partial charge in [0.15, 0.2) is 11.5 Å². The number of hydrogen-bond acceptors (Lipinski definition) is 4. The summed E-state index contributed by atoms with van der Waals surface area (Å²) in [4.78, 5) is 14.0. The number of aromatic nitrogens is 4. The van der Waals surface area contributed by atoms with Crippen molar-refractivity contribution in [2.75, 3.05) is 0 Å². The van der Waals surface area contributed by atoms with Crippen LogP contribution in [0.4, 0.5) is 5.69 Å². The van der Waals surface area contributed by atoms with E-state index in [1.165, 1.54) is 5.56 Å². The van der Waals surface area contributed by atoms with E-state index in [1.807, 2.05) is 35.0 Å². The minimum absolute atomic E-state index is 0.759. The largest absolute Gasteiger partial charge is 0.256 e. The van der Waals surface area contributed by atoms with Gasteiger partial charge in [0.2, 0.25) is 0 Å². The van der Waals surface area contributed by atoms with Crippen LogP contribution in [0.5, 0.6) is 0 Å². The number of allylic oxidation sites excluding steroid dienone is 2. The molecule has 1 aliphatic rings. The Morgan fingerprint density at radius 3 is 2.96 bits per heavy atom. The van der Waals surface area contributed by atoms with E-state index in [2.05, 4.69) is 40.4 Å². The molecule has 0 fully saturated rings. The van der Waals surface area contributed by atoms with E-state index in [0.29, 0.717) is 0 Å². The van der Waals surface area contributed by atoms with Crippen LogP contribution in [-0.4, -0.2) is 25.3 Å². The first-order chi connectivity index (χ1) is 13.4. The highest BCUT2D eigenvalue weighted by Gasteiger charge is 2.10. The zero-order valence-electron chi connectivity index (χ0n) is 14.9. The van der Waals surface area contributed by atoms with Gasteiger partial charge in [-0.3, -0.25) is 9.98 Å². The predicted molar refractivity (Wildman–Crippen MR) is 108 cm³/mol. The summed E-state index contributed by atoms with van der Waals surface area (Å²) >= 11 is 0. The summed E-state index contributed by atoms with van der Waals surface area (Å²) in [6.07, 6.45) is 11.7. The van der Waals surface area contributed by atoms with E-state index in [0.717, 1.165) is 59.5 Å². The lowest BCUT2D eigenvalue weighted by Gasteiger charge is -2.09. The number of nitrogens with zero attached hydrogens (tertiary/aromatic N) is 5. The SMILES string of the molecule is C1=CC(CCc2nc3c4cccnc4ccn3n2)=Nc2ccccc2CC1. The van der Waals surface area contributed by atoms with Crippen LogP contribution >= 0.6 is 0 Å². The van der Waals surface area contributed by atoms with Gasteiger partial charge in [-0.15, -0.1) is 0 Å². The Balaban J connectivity index is 1.44. The fourth-order valence-electron chi connectivity index (χ4n) is 3.50. The number of hydrogen-bond donors (Lipinski definition) is 0. The molecular weight excluding hydrogens is 334 g/mol. The van der Waals surface area contributed by atoms with E-state index in [1.54, 1.807) is 6.20 Å². The van der Waals surface area contributed by atoms with Gasteiger partial charge in [-0.05, 0) is 55.2 Å². The number of fused-ring (bicyclic) bond motifs is 4. The van der Waals surface area contributed by atoms with Gasteiger partial charge in [-0.1, -0.05) is 24.3 Å². The molecule has 0 spiro atoms. The van der Waals surface area contributed by atoms with Crippen molar-refractivity contribution >= 4 is 27.9 Å². The Morgan fingerprint density at radius 1 is 1.00 bits per heavy atom. The molecule has 0 atom stereocenters. The highest BCUT2D eigenvalue weighted by Crippen LogP contribution is 2.23. The Bertz CT molecular complexity index is 1190. The number of para-hydroxylation sites is 1. The normalized spacial score (nSPS) is 14.0. The molecule has 0 N–H and O–H groups in total. The first-order valence-electron chi connectivity index (χ1n) is 9.28. The zero-order valence-corrected chi connectivity index (χ0v) is 14.9. The van der Waals surface area contributed by atoms with Gasteiger partial charge in [-0.2, -0.15) is 5.10 Å². The summed E-state index contributed by atoms with van der Waals surface area (Å²) in [6, 6.07) is 14.3. The molecular formula is C22H19N5. The molecule has 3 aromatic heterocycles. The second kappa shape index (κ2) is 6.76. The monoisotopic (exact) mass is 353 g/mol. The Morgan fingerprint density at radius 2 is 1.96 bits per heavy atom. The molecule has 0 bridgehead atoms. The molecule has 5 heteroatoms.